The van der Waals surface area contributed by atoms with Crippen molar-refractivity contribution in [2.75, 3.05) is 7.11 Å². The second-order valence-corrected chi connectivity index (χ2v) is 4.05. The van der Waals surface area contributed by atoms with Gasteiger partial charge in [-0.1, -0.05) is 12.6 Å². The molecule has 3 aromatic rings. The molecule has 4 nitrogen and oxygen atoms in total. The van der Waals surface area contributed by atoms with E-state index in [1.807, 2.05) is 41.0 Å². The maximum absolute atomic E-state index is 5.22. The molecule has 0 aliphatic rings. The lowest BCUT2D eigenvalue weighted by molar-refractivity contribution is 0.415. The number of hydrogen-bond donors (Lipinski definition) is 0. The Morgan fingerprint density at radius 2 is 2.16 bits per heavy atom. The fourth-order valence-electron chi connectivity index (χ4n) is 2.07. The van der Waals surface area contributed by atoms with Crippen LogP contribution in [-0.2, 0) is 0 Å². The minimum Gasteiger partial charge on any atom is -0.497 e. The Morgan fingerprint density at radius 1 is 1.26 bits per heavy atom. The number of fused-ring (bicyclic) bond motifs is 1. The predicted octanol–water partition coefficient (Wildman–Crippen LogP) is 3.07. The molecule has 0 saturated heterocycles. The number of ether oxygens (including phenoxy) is 1. The Morgan fingerprint density at radius 3 is 2.84 bits per heavy atom. The number of rotatable bonds is 3. The second kappa shape index (κ2) is 4.57. The molecule has 94 valence electrons. The Kier molecular flexibility index (Phi) is 2.76. The van der Waals surface area contributed by atoms with Crippen LogP contribution >= 0.6 is 0 Å². The van der Waals surface area contributed by atoms with E-state index in [2.05, 4.69) is 16.5 Å². The summed E-state index contributed by atoms with van der Waals surface area (Å²) in [5.41, 5.74) is 1.84. The molecule has 0 unspecified atom stereocenters. The van der Waals surface area contributed by atoms with Crippen molar-refractivity contribution in [2.45, 2.75) is 0 Å². The van der Waals surface area contributed by atoms with E-state index in [1.165, 1.54) is 0 Å². The molecule has 1 aromatic carbocycles. The molecule has 0 aliphatic heterocycles. The van der Waals surface area contributed by atoms with Crippen molar-refractivity contribution >= 4 is 17.1 Å². The van der Waals surface area contributed by atoms with Gasteiger partial charge in [0.15, 0.2) is 0 Å². The highest BCUT2D eigenvalue weighted by molar-refractivity contribution is 5.81. The molecule has 0 spiro atoms. The van der Waals surface area contributed by atoms with Crippen molar-refractivity contribution in [1.82, 2.24) is 14.5 Å². The van der Waals surface area contributed by atoms with Gasteiger partial charge in [-0.05, 0) is 30.3 Å². The minimum absolute atomic E-state index is 0.766. The third-order valence-corrected chi connectivity index (χ3v) is 2.95. The summed E-state index contributed by atoms with van der Waals surface area (Å²) in [5.74, 6) is 2.38. The summed E-state index contributed by atoms with van der Waals surface area (Å²) >= 11 is 0. The summed E-state index contributed by atoms with van der Waals surface area (Å²) in [6.07, 6.45) is 3.48. The highest BCUT2D eigenvalue weighted by Crippen LogP contribution is 2.24. The van der Waals surface area contributed by atoms with E-state index in [0.29, 0.717) is 0 Å². The Bertz CT molecular complexity index is 732. The van der Waals surface area contributed by atoms with Crippen molar-refractivity contribution in [3.63, 3.8) is 0 Å². The van der Waals surface area contributed by atoms with Crippen LogP contribution in [0.15, 0.2) is 49.2 Å². The normalized spacial score (nSPS) is 10.6. The number of methoxy groups -OCH3 is 1. The minimum atomic E-state index is 0.766. The van der Waals surface area contributed by atoms with Gasteiger partial charge in [-0.2, -0.15) is 0 Å². The molecule has 3 rings (SSSR count). The Balaban J connectivity index is 2.31. The molecule has 19 heavy (non-hydrogen) atoms. The quantitative estimate of drug-likeness (QED) is 0.718. The molecule has 0 N–H and O–H groups in total. The van der Waals surface area contributed by atoms with E-state index in [1.54, 1.807) is 19.4 Å². The van der Waals surface area contributed by atoms with Crippen LogP contribution in [-0.4, -0.2) is 21.6 Å². The van der Waals surface area contributed by atoms with Gasteiger partial charge < -0.3 is 4.74 Å². The second-order valence-electron chi connectivity index (χ2n) is 4.05. The van der Waals surface area contributed by atoms with Gasteiger partial charge in [0.25, 0.3) is 0 Å². The van der Waals surface area contributed by atoms with E-state index in [0.717, 1.165) is 28.4 Å². The maximum atomic E-state index is 5.22. The van der Waals surface area contributed by atoms with E-state index < -0.39 is 0 Å². The summed E-state index contributed by atoms with van der Waals surface area (Å²) in [7, 11) is 1.64. The van der Waals surface area contributed by atoms with Crippen LogP contribution in [0.3, 0.4) is 0 Å². The zero-order valence-electron chi connectivity index (χ0n) is 10.6. The molecule has 2 heterocycles. The lowest BCUT2D eigenvalue weighted by Gasteiger charge is -2.05. The molecule has 0 radical (unpaired) electrons. The summed E-state index contributed by atoms with van der Waals surface area (Å²) in [6, 6.07) is 11.6. The van der Waals surface area contributed by atoms with Gasteiger partial charge in [0.05, 0.1) is 18.1 Å². The maximum Gasteiger partial charge on any atom is 0.138 e. The first-order chi connectivity index (χ1) is 9.33. The van der Waals surface area contributed by atoms with Gasteiger partial charge in [0.2, 0.25) is 0 Å². The van der Waals surface area contributed by atoms with Crippen molar-refractivity contribution in [1.29, 1.82) is 0 Å². The van der Waals surface area contributed by atoms with Gasteiger partial charge in [-0.25, -0.2) is 9.97 Å². The molecule has 2 aromatic heterocycles. The molecule has 0 bridgehead atoms. The molecule has 0 fully saturated rings. The third-order valence-electron chi connectivity index (χ3n) is 2.95. The zero-order valence-corrected chi connectivity index (χ0v) is 10.6. The monoisotopic (exact) mass is 251 g/mol. The third kappa shape index (κ3) is 1.87. The van der Waals surface area contributed by atoms with Crippen molar-refractivity contribution in [3.8, 4) is 11.6 Å². The largest absolute Gasteiger partial charge is 0.497 e. The number of hydrogen-bond acceptors (Lipinski definition) is 3. The van der Waals surface area contributed by atoms with Gasteiger partial charge in [0.1, 0.15) is 17.4 Å². The lowest BCUT2D eigenvalue weighted by Crippen LogP contribution is -1.99. The number of pyridine rings is 1. The number of aromatic nitrogens is 3. The molecule has 0 atom stereocenters. The average molecular weight is 251 g/mol. The van der Waals surface area contributed by atoms with E-state index in [4.69, 9.17) is 4.74 Å². The smallest absolute Gasteiger partial charge is 0.138 e. The highest BCUT2D eigenvalue weighted by Gasteiger charge is 2.11. The molecular formula is C15H13N3O. The van der Waals surface area contributed by atoms with Crippen LogP contribution in [0.2, 0.25) is 0 Å². The average Bonchev–Trinajstić information content (AvgIpc) is 2.85. The van der Waals surface area contributed by atoms with Crippen LogP contribution in [0, 0.1) is 0 Å². The van der Waals surface area contributed by atoms with E-state index in [9.17, 15) is 0 Å². The Labute approximate surface area is 111 Å². The van der Waals surface area contributed by atoms with E-state index >= 15 is 0 Å². The molecule has 0 amide bonds. The fraction of sp³-hybridized carbons (Fsp3) is 0.0667. The topological polar surface area (TPSA) is 39.9 Å². The van der Waals surface area contributed by atoms with Gasteiger partial charge in [-0.3, -0.25) is 4.57 Å². The first-order valence-electron chi connectivity index (χ1n) is 5.94. The SMILES string of the molecule is C=Cc1nc2cc(OC)ccc2n1-c1ccccn1. The fourth-order valence-corrected chi connectivity index (χ4v) is 2.07. The van der Waals surface area contributed by atoms with E-state index in [-0.39, 0.29) is 0 Å². The van der Waals surface area contributed by atoms with Crippen molar-refractivity contribution in [2.24, 2.45) is 0 Å². The van der Waals surface area contributed by atoms with Crippen LogP contribution < -0.4 is 4.74 Å². The number of benzene rings is 1. The number of imidazole rings is 1. The molecule has 0 saturated carbocycles. The van der Waals surface area contributed by atoms with Crippen LogP contribution in [0.4, 0.5) is 0 Å². The van der Waals surface area contributed by atoms with Crippen LogP contribution in [0.25, 0.3) is 22.9 Å². The summed E-state index contributed by atoms with van der Waals surface area (Å²) in [4.78, 5) is 8.91. The summed E-state index contributed by atoms with van der Waals surface area (Å²) in [6.45, 7) is 3.81. The van der Waals surface area contributed by atoms with Crippen LogP contribution in [0.5, 0.6) is 5.75 Å². The first-order valence-corrected chi connectivity index (χ1v) is 5.94. The Hall–Kier alpha value is -2.62. The molecule has 0 aliphatic carbocycles. The predicted molar refractivity (Wildman–Crippen MR) is 75.5 cm³/mol. The first kappa shape index (κ1) is 11.5. The lowest BCUT2D eigenvalue weighted by atomic mass is 10.3. The number of nitrogens with zero attached hydrogens (tertiary/aromatic N) is 3. The van der Waals surface area contributed by atoms with Gasteiger partial charge in [-0.15, -0.1) is 0 Å². The standard InChI is InChI=1S/C15H13N3O/c1-3-14-17-12-10-11(19-2)7-8-13(12)18(14)15-6-4-5-9-16-15/h3-10H,1H2,2H3. The van der Waals surface area contributed by atoms with Crippen molar-refractivity contribution in [3.05, 3.63) is 55.0 Å². The molecule has 4 heteroatoms. The summed E-state index contributed by atoms with van der Waals surface area (Å²) < 4.78 is 7.19. The zero-order chi connectivity index (χ0) is 13.2. The highest BCUT2D eigenvalue weighted by atomic mass is 16.5. The molecular weight excluding hydrogens is 238 g/mol. The van der Waals surface area contributed by atoms with Crippen molar-refractivity contribution < 1.29 is 4.74 Å². The summed E-state index contributed by atoms with van der Waals surface area (Å²) in [5, 5.41) is 0. The van der Waals surface area contributed by atoms with Crippen LogP contribution in [0.1, 0.15) is 5.82 Å². The van der Waals surface area contributed by atoms with Gasteiger partial charge >= 0.3 is 0 Å². The van der Waals surface area contributed by atoms with Gasteiger partial charge in [0, 0.05) is 12.3 Å².